The van der Waals surface area contributed by atoms with Gasteiger partial charge in [-0.05, 0) is 38.3 Å². The molecule has 2 heterocycles. The van der Waals surface area contributed by atoms with Gasteiger partial charge in [0.2, 0.25) is 0 Å². The molecular formula is C23H18IrNO3-. The number of benzene rings is 3. The molecule has 0 spiro atoms. The Balaban J connectivity index is 0.000000218. The van der Waals surface area contributed by atoms with Crippen LogP contribution in [0.2, 0.25) is 0 Å². The predicted octanol–water partition coefficient (Wildman–Crippen LogP) is 5.95. The second-order valence-electron chi connectivity index (χ2n) is 6.54. The number of furan rings is 1. The van der Waals surface area contributed by atoms with E-state index in [-0.39, 0.29) is 31.6 Å². The van der Waals surface area contributed by atoms with Crippen LogP contribution in [0.15, 0.2) is 64.4 Å². The first-order valence-electron chi connectivity index (χ1n) is 8.68. The van der Waals surface area contributed by atoms with Gasteiger partial charge in [0.25, 0.3) is 0 Å². The minimum absolute atomic E-state index is 0. The summed E-state index contributed by atoms with van der Waals surface area (Å²) >= 11 is 0. The van der Waals surface area contributed by atoms with Crippen LogP contribution in [0.1, 0.15) is 20.8 Å². The van der Waals surface area contributed by atoms with Gasteiger partial charge in [0.1, 0.15) is 11.2 Å². The molecule has 5 heteroatoms. The number of hydrogen-bond acceptors (Lipinski definition) is 4. The number of carbonyl (C=O) groups excluding carboxylic acids is 1. The number of aromatic nitrogens is 1. The van der Waals surface area contributed by atoms with Crippen molar-refractivity contribution in [3.05, 3.63) is 66.1 Å². The molecule has 5 rings (SSSR count). The summed E-state index contributed by atoms with van der Waals surface area (Å²) in [5, 5.41) is 14.4. The van der Waals surface area contributed by atoms with Crippen molar-refractivity contribution in [1.82, 2.24) is 4.98 Å². The van der Waals surface area contributed by atoms with E-state index in [9.17, 15) is 4.79 Å². The van der Waals surface area contributed by atoms with Crippen LogP contribution < -0.4 is 0 Å². The van der Waals surface area contributed by atoms with Gasteiger partial charge in [0.15, 0.2) is 5.78 Å². The Morgan fingerprint density at radius 2 is 1.71 bits per heavy atom. The van der Waals surface area contributed by atoms with E-state index in [1.54, 1.807) is 13.1 Å². The summed E-state index contributed by atoms with van der Waals surface area (Å²) < 4.78 is 5.93. The summed E-state index contributed by atoms with van der Waals surface area (Å²) in [6.45, 7) is 4.52. The maximum atomic E-state index is 10.4. The van der Waals surface area contributed by atoms with Crippen molar-refractivity contribution in [3.63, 3.8) is 0 Å². The monoisotopic (exact) mass is 549 g/mol. The molecular weight excluding hydrogens is 530 g/mol. The predicted molar refractivity (Wildman–Crippen MR) is 108 cm³/mol. The molecule has 0 amide bonds. The van der Waals surface area contributed by atoms with Crippen LogP contribution in [0.4, 0.5) is 0 Å². The van der Waals surface area contributed by atoms with Crippen LogP contribution in [-0.4, -0.2) is 15.9 Å². The van der Waals surface area contributed by atoms with Gasteiger partial charge in [-0.25, -0.2) is 0 Å². The van der Waals surface area contributed by atoms with Crippen molar-refractivity contribution in [3.8, 4) is 0 Å². The number of carbonyl (C=O) groups is 1. The Kier molecular flexibility index (Phi) is 5.50. The third-order valence-corrected chi connectivity index (χ3v) is 4.86. The summed E-state index contributed by atoms with van der Waals surface area (Å²) in [6.07, 6.45) is 1.80. The van der Waals surface area contributed by atoms with Gasteiger partial charge >= 0.3 is 0 Å². The Hall–Kier alpha value is -2.75. The molecule has 28 heavy (non-hydrogen) atoms. The maximum Gasteiger partial charge on any atom is 0.158 e. The largest absolute Gasteiger partial charge is 0.512 e. The zero-order valence-corrected chi connectivity index (χ0v) is 18.1. The van der Waals surface area contributed by atoms with Crippen LogP contribution in [0.3, 0.4) is 0 Å². The number of nitrogens with zero attached hydrogens (tertiary/aromatic N) is 1. The van der Waals surface area contributed by atoms with Crippen LogP contribution in [0.5, 0.6) is 0 Å². The van der Waals surface area contributed by atoms with E-state index in [1.165, 1.54) is 30.0 Å². The number of aliphatic hydroxyl groups excluding tert-OH is 1. The first kappa shape index (κ1) is 20.0. The van der Waals surface area contributed by atoms with Crippen molar-refractivity contribution in [2.75, 3.05) is 0 Å². The molecule has 143 valence electrons. The van der Waals surface area contributed by atoms with Gasteiger partial charge in [-0.15, -0.1) is 29.7 Å². The molecule has 0 unspecified atom stereocenters. The third kappa shape index (κ3) is 3.17. The quantitative estimate of drug-likeness (QED) is 0.122. The molecule has 0 bridgehead atoms. The Labute approximate surface area is 175 Å². The molecule has 1 radical (unpaired) electrons. The van der Waals surface area contributed by atoms with Crippen LogP contribution in [0.25, 0.3) is 43.6 Å². The zero-order valence-electron chi connectivity index (χ0n) is 15.7. The van der Waals surface area contributed by atoms with E-state index in [0.717, 1.165) is 27.5 Å². The van der Waals surface area contributed by atoms with Crippen LogP contribution >= 0.6 is 0 Å². The fraction of sp³-hybridized carbons (Fsp3) is 0.130. The fourth-order valence-corrected chi connectivity index (χ4v) is 3.29. The van der Waals surface area contributed by atoms with Gasteiger partial charge in [0.05, 0.1) is 5.76 Å². The molecule has 0 fully saturated rings. The van der Waals surface area contributed by atoms with Crippen LogP contribution in [-0.2, 0) is 24.9 Å². The van der Waals surface area contributed by atoms with Crippen LogP contribution in [0, 0.1) is 6.07 Å². The maximum absolute atomic E-state index is 10.4. The average molecular weight is 549 g/mol. The standard InChI is InChI=1S/C17H8NO.C6H10O2.Ir/c1-2-5-12-10(4-1)11-6-3-7-13-15(11)16-14(19-13)8-9-18-17(12)16;1-4(5(2)7)6(3)8;/h1-4,6-9H;7H,1-3H3;/q-1;;/b;5-4-;. The Morgan fingerprint density at radius 3 is 2.39 bits per heavy atom. The number of pyridine rings is 1. The Bertz CT molecular complexity index is 1250. The van der Waals surface area contributed by atoms with Gasteiger partial charge < -0.3 is 14.5 Å². The summed E-state index contributed by atoms with van der Waals surface area (Å²) in [6, 6.07) is 17.5. The zero-order chi connectivity index (χ0) is 19.1. The molecule has 3 aromatic carbocycles. The molecule has 0 aliphatic rings. The molecule has 0 aliphatic carbocycles. The van der Waals surface area contributed by atoms with E-state index < -0.39 is 0 Å². The molecule has 2 aromatic heterocycles. The number of ketones is 1. The van der Waals surface area contributed by atoms with E-state index in [2.05, 4.69) is 23.2 Å². The minimum Gasteiger partial charge on any atom is -0.512 e. The van der Waals surface area contributed by atoms with Crippen molar-refractivity contribution in [1.29, 1.82) is 0 Å². The summed E-state index contributed by atoms with van der Waals surface area (Å²) in [5.74, 6) is 0.0301. The smallest absolute Gasteiger partial charge is 0.158 e. The molecule has 0 atom stereocenters. The molecule has 4 nitrogen and oxygen atoms in total. The van der Waals surface area contributed by atoms with Crippen molar-refractivity contribution in [2.45, 2.75) is 20.8 Å². The normalized spacial score (nSPS) is 12.0. The summed E-state index contributed by atoms with van der Waals surface area (Å²) in [4.78, 5) is 14.9. The first-order valence-corrected chi connectivity index (χ1v) is 8.68. The van der Waals surface area contributed by atoms with Gasteiger partial charge in [-0.2, -0.15) is 0 Å². The van der Waals surface area contributed by atoms with E-state index in [0.29, 0.717) is 5.57 Å². The third-order valence-electron chi connectivity index (χ3n) is 4.86. The number of allylic oxidation sites excluding steroid dienone is 2. The van der Waals surface area contributed by atoms with Crippen molar-refractivity contribution in [2.24, 2.45) is 0 Å². The molecule has 1 N–H and O–H groups in total. The number of Topliss-reactive ketones (excluding diaryl/α,β-unsaturated/α-hetero) is 1. The number of rotatable bonds is 1. The van der Waals surface area contributed by atoms with Gasteiger partial charge in [0, 0.05) is 48.2 Å². The average Bonchev–Trinajstić information content (AvgIpc) is 3.06. The summed E-state index contributed by atoms with van der Waals surface area (Å²) in [7, 11) is 0. The number of hydrogen-bond donors (Lipinski definition) is 1. The molecule has 0 saturated carbocycles. The van der Waals surface area contributed by atoms with Crippen molar-refractivity contribution >= 4 is 49.4 Å². The minimum atomic E-state index is -0.0787. The van der Waals surface area contributed by atoms with Gasteiger partial charge in [-0.3, -0.25) is 4.79 Å². The summed E-state index contributed by atoms with van der Waals surface area (Å²) in [5.41, 5.74) is 3.24. The SMILES string of the molecule is CC(=O)/C(C)=C(/C)O.[Ir].[c-]1cccc2c1c1nccc3oc4cccc2c4c31. The molecule has 0 saturated heterocycles. The first-order chi connectivity index (χ1) is 13.0. The second-order valence-corrected chi connectivity index (χ2v) is 6.54. The topological polar surface area (TPSA) is 63.3 Å². The fourth-order valence-electron chi connectivity index (χ4n) is 3.29. The number of fused-ring (bicyclic) bond motifs is 3. The van der Waals surface area contributed by atoms with E-state index in [1.807, 2.05) is 30.3 Å². The van der Waals surface area contributed by atoms with E-state index >= 15 is 0 Å². The van der Waals surface area contributed by atoms with E-state index in [4.69, 9.17) is 9.52 Å². The van der Waals surface area contributed by atoms with Gasteiger partial charge in [-0.1, -0.05) is 17.5 Å². The molecule has 0 aliphatic heterocycles. The van der Waals surface area contributed by atoms with Crippen molar-refractivity contribution < 1.29 is 34.4 Å². The molecule has 5 aromatic rings. The second kappa shape index (κ2) is 7.70. The Morgan fingerprint density at radius 1 is 1.00 bits per heavy atom. The number of aliphatic hydroxyl groups is 1.